The highest BCUT2D eigenvalue weighted by molar-refractivity contribution is 5.93. The fourth-order valence-corrected chi connectivity index (χ4v) is 3.92. The number of hydrogen-bond donors (Lipinski definition) is 0. The summed E-state index contributed by atoms with van der Waals surface area (Å²) in [6.45, 7) is 6.53. The van der Waals surface area contributed by atoms with Crippen molar-refractivity contribution >= 4 is 22.1 Å². The van der Waals surface area contributed by atoms with Crippen molar-refractivity contribution in [1.82, 2.24) is 4.40 Å². The average molecular weight is 366 g/mol. The fourth-order valence-electron chi connectivity index (χ4n) is 3.92. The number of para-hydroxylation sites is 1. The Morgan fingerprint density at radius 3 is 2.27 bits per heavy atom. The zero-order chi connectivity index (χ0) is 17.7. The van der Waals surface area contributed by atoms with Crippen molar-refractivity contribution in [1.29, 1.82) is 0 Å². The Morgan fingerprint density at radius 1 is 0.923 bits per heavy atom. The van der Waals surface area contributed by atoms with Gasteiger partial charge in [-0.3, -0.25) is 0 Å². The van der Waals surface area contributed by atoms with E-state index in [-0.39, 0.29) is 12.4 Å². The molecule has 3 nitrogen and oxygen atoms in total. The van der Waals surface area contributed by atoms with Gasteiger partial charge in [-0.05, 0) is 50.1 Å². The maximum absolute atomic E-state index is 2.30. The van der Waals surface area contributed by atoms with Crippen molar-refractivity contribution in [2.75, 3.05) is 19.0 Å². The summed E-state index contributed by atoms with van der Waals surface area (Å²) in [5.74, 6) is 0. The Bertz CT molecular complexity index is 1090. The molecule has 2 aromatic carbocycles. The second kappa shape index (κ2) is 6.65. The highest BCUT2D eigenvalue weighted by Gasteiger charge is 2.18. The molecule has 134 valence electrons. The minimum Gasteiger partial charge on any atom is -1.00 e. The van der Waals surface area contributed by atoms with Gasteiger partial charge in [0.25, 0.3) is 6.33 Å². The summed E-state index contributed by atoms with van der Waals surface area (Å²) in [7, 11) is 4.19. The van der Waals surface area contributed by atoms with Gasteiger partial charge in [0.05, 0.1) is 5.69 Å². The highest BCUT2D eigenvalue weighted by Crippen LogP contribution is 2.27. The lowest BCUT2D eigenvalue weighted by Crippen LogP contribution is -3.00. The number of nitrogens with zero attached hydrogens (tertiary/aromatic N) is 3. The summed E-state index contributed by atoms with van der Waals surface area (Å²) < 4.78 is 4.55. The minimum atomic E-state index is 0. The summed E-state index contributed by atoms with van der Waals surface area (Å²) >= 11 is 0. The number of rotatable bonds is 2. The Kier molecular flexibility index (Phi) is 4.68. The van der Waals surface area contributed by atoms with Gasteiger partial charge in [-0.2, -0.15) is 4.40 Å². The largest absolute Gasteiger partial charge is 1.00 e. The van der Waals surface area contributed by atoms with E-state index >= 15 is 0 Å². The predicted molar refractivity (Wildman–Crippen MR) is 105 cm³/mol. The first kappa shape index (κ1) is 18.3. The SMILES string of the molecule is Cc1cc(C)c(-[n+]2cc3ccc4cccc(N(C)C)c4n3c2)c(C)c1.[Cl-]. The van der Waals surface area contributed by atoms with Crippen molar-refractivity contribution in [2.45, 2.75) is 20.8 Å². The van der Waals surface area contributed by atoms with Crippen molar-refractivity contribution in [3.63, 3.8) is 0 Å². The topological polar surface area (TPSA) is 11.5 Å². The first-order chi connectivity index (χ1) is 12.0. The van der Waals surface area contributed by atoms with Gasteiger partial charge in [-0.15, -0.1) is 0 Å². The standard InChI is InChI=1S/C22H24N3.ClH/c1-15-11-16(2)21(17(3)12-15)24-13-19-10-9-18-7-6-8-20(23(4)5)22(18)25(19)14-24;/h6-14H,1-5H3;1H/q+1;/p-1. The molecule has 4 aromatic rings. The Hall–Kier alpha value is -2.52. The van der Waals surface area contributed by atoms with Crippen molar-refractivity contribution in [3.8, 4) is 5.69 Å². The van der Waals surface area contributed by atoms with Crippen LogP contribution < -0.4 is 21.9 Å². The van der Waals surface area contributed by atoms with Crippen LogP contribution in [0.2, 0.25) is 0 Å². The van der Waals surface area contributed by atoms with Crippen LogP contribution in [0.1, 0.15) is 16.7 Å². The molecule has 4 heteroatoms. The summed E-state index contributed by atoms with van der Waals surface area (Å²) in [5.41, 5.74) is 8.84. The molecular weight excluding hydrogens is 342 g/mol. The lowest BCUT2D eigenvalue weighted by atomic mass is 10.1. The lowest BCUT2D eigenvalue weighted by molar-refractivity contribution is -0.594. The molecule has 0 saturated heterocycles. The van der Waals surface area contributed by atoms with Crippen molar-refractivity contribution < 1.29 is 17.0 Å². The smallest absolute Gasteiger partial charge is 0.254 e. The van der Waals surface area contributed by atoms with Crippen LogP contribution in [-0.2, 0) is 0 Å². The summed E-state index contributed by atoms with van der Waals surface area (Å²) in [4.78, 5) is 2.18. The number of hydrogen-bond acceptors (Lipinski definition) is 1. The van der Waals surface area contributed by atoms with E-state index in [9.17, 15) is 0 Å². The molecular formula is C22H24ClN3. The second-order valence-corrected chi connectivity index (χ2v) is 7.14. The molecule has 4 rings (SSSR count). The molecule has 2 heterocycles. The molecule has 0 saturated carbocycles. The van der Waals surface area contributed by atoms with Crippen LogP contribution in [0.3, 0.4) is 0 Å². The van der Waals surface area contributed by atoms with Gasteiger partial charge in [0, 0.05) is 19.5 Å². The molecule has 0 aliphatic rings. The molecule has 0 radical (unpaired) electrons. The number of aromatic nitrogens is 2. The van der Waals surface area contributed by atoms with Gasteiger partial charge < -0.3 is 17.3 Å². The first-order valence-corrected chi connectivity index (χ1v) is 8.66. The van der Waals surface area contributed by atoms with E-state index in [1.54, 1.807) is 0 Å². The van der Waals surface area contributed by atoms with E-state index in [0.29, 0.717) is 0 Å². The fraction of sp³-hybridized carbons (Fsp3) is 0.227. The van der Waals surface area contributed by atoms with Gasteiger partial charge in [0.15, 0.2) is 11.0 Å². The Morgan fingerprint density at radius 2 is 1.62 bits per heavy atom. The van der Waals surface area contributed by atoms with E-state index in [4.69, 9.17) is 0 Å². The minimum absolute atomic E-state index is 0. The van der Waals surface area contributed by atoms with E-state index in [1.807, 2.05) is 0 Å². The van der Waals surface area contributed by atoms with Crippen LogP contribution in [0, 0.1) is 20.8 Å². The van der Waals surface area contributed by atoms with E-state index in [0.717, 1.165) is 0 Å². The number of pyridine rings is 1. The van der Waals surface area contributed by atoms with E-state index in [1.165, 1.54) is 44.5 Å². The molecule has 0 bridgehead atoms. The number of fused-ring (bicyclic) bond motifs is 3. The number of anilines is 1. The first-order valence-electron chi connectivity index (χ1n) is 8.66. The average Bonchev–Trinajstić information content (AvgIpc) is 2.96. The van der Waals surface area contributed by atoms with Crippen LogP contribution in [-0.4, -0.2) is 18.5 Å². The monoisotopic (exact) mass is 365 g/mol. The van der Waals surface area contributed by atoms with E-state index in [2.05, 4.69) is 104 Å². The quantitative estimate of drug-likeness (QED) is 0.488. The molecule has 0 spiro atoms. The lowest BCUT2D eigenvalue weighted by Gasteiger charge is -2.13. The van der Waals surface area contributed by atoms with Crippen LogP contribution in [0.15, 0.2) is 55.0 Å². The molecule has 0 N–H and O–H groups in total. The third-order valence-corrected chi connectivity index (χ3v) is 4.89. The van der Waals surface area contributed by atoms with Gasteiger partial charge in [0.1, 0.15) is 11.9 Å². The summed E-state index contributed by atoms with van der Waals surface area (Å²) in [6, 6.07) is 15.4. The van der Waals surface area contributed by atoms with Gasteiger partial charge in [-0.25, -0.2) is 4.57 Å². The molecule has 0 fully saturated rings. The third kappa shape index (κ3) is 2.82. The maximum Gasteiger partial charge on any atom is 0.254 e. The Balaban J connectivity index is 0.00000196. The van der Waals surface area contributed by atoms with Crippen LogP contribution in [0.25, 0.3) is 22.1 Å². The second-order valence-electron chi connectivity index (χ2n) is 7.14. The zero-order valence-electron chi connectivity index (χ0n) is 15.9. The van der Waals surface area contributed by atoms with Crippen molar-refractivity contribution in [2.24, 2.45) is 0 Å². The van der Waals surface area contributed by atoms with Crippen LogP contribution in [0.4, 0.5) is 5.69 Å². The van der Waals surface area contributed by atoms with E-state index < -0.39 is 0 Å². The maximum atomic E-state index is 2.30. The molecule has 26 heavy (non-hydrogen) atoms. The van der Waals surface area contributed by atoms with Gasteiger partial charge in [-0.1, -0.05) is 29.8 Å². The third-order valence-electron chi connectivity index (χ3n) is 4.89. The zero-order valence-corrected chi connectivity index (χ0v) is 16.7. The van der Waals surface area contributed by atoms with Crippen LogP contribution >= 0.6 is 0 Å². The highest BCUT2D eigenvalue weighted by atomic mass is 35.5. The van der Waals surface area contributed by atoms with Gasteiger partial charge >= 0.3 is 0 Å². The molecule has 0 atom stereocenters. The molecule has 0 aliphatic carbocycles. The molecule has 0 unspecified atom stereocenters. The molecule has 0 aliphatic heterocycles. The normalized spacial score (nSPS) is 11.0. The number of benzene rings is 2. The van der Waals surface area contributed by atoms with Crippen LogP contribution in [0.5, 0.6) is 0 Å². The number of aryl methyl sites for hydroxylation is 3. The number of imidazole rings is 1. The number of halogens is 1. The predicted octanol–water partition coefficient (Wildman–Crippen LogP) is 1.36. The summed E-state index contributed by atoms with van der Waals surface area (Å²) in [6.07, 6.45) is 4.42. The molecule has 2 aromatic heterocycles. The Labute approximate surface area is 160 Å². The summed E-state index contributed by atoms with van der Waals surface area (Å²) in [5, 5.41) is 1.25. The molecule has 0 amide bonds. The van der Waals surface area contributed by atoms with Crippen molar-refractivity contribution in [3.05, 3.63) is 71.7 Å². The van der Waals surface area contributed by atoms with Gasteiger partial charge in [0.2, 0.25) is 0 Å².